The van der Waals surface area contributed by atoms with Crippen LogP contribution < -0.4 is 5.32 Å². The summed E-state index contributed by atoms with van der Waals surface area (Å²) in [5.41, 5.74) is 0. The van der Waals surface area contributed by atoms with Gasteiger partial charge in [-0.15, -0.1) is 11.3 Å². The molecular weight excluding hydrogens is 196 g/mol. The minimum atomic E-state index is 0.346. The monoisotopic (exact) mass is 212 g/mol. The maximum Gasteiger partial charge on any atom is 0.109 e. The van der Waals surface area contributed by atoms with Crippen LogP contribution in [0.3, 0.4) is 0 Å². The smallest absolute Gasteiger partial charge is 0.109 e. The minimum Gasteiger partial charge on any atom is -0.377 e. The molecule has 0 bridgehead atoms. The zero-order valence-corrected chi connectivity index (χ0v) is 9.22. The third-order valence-corrected chi connectivity index (χ3v) is 3.46. The summed E-state index contributed by atoms with van der Waals surface area (Å²) in [6, 6.07) is 0.346. The van der Waals surface area contributed by atoms with Gasteiger partial charge in [-0.3, -0.25) is 0 Å². The van der Waals surface area contributed by atoms with E-state index in [2.05, 4.69) is 17.2 Å². The third kappa shape index (κ3) is 2.53. The molecule has 1 aromatic rings. The van der Waals surface area contributed by atoms with Gasteiger partial charge >= 0.3 is 0 Å². The molecular formula is C10H16N2OS. The quantitative estimate of drug-likeness (QED) is 0.828. The first-order valence-corrected chi connectivity index (χ1v) is 5.98. The molecule has 0 amide bonds. The average Bonchev–Trinajstić information content (AvgIpc) is 2.87. The number of thiazole rings is 1. The van der Waals surface area contributed by atoms with Gasteiger partial charge in [0, 0.05) is 24.7 Å². The lowest BCUT2D eigenvalue weighted by Gasteiger charge is -2.14. The first-order valence-electron chi connectivity index (χ1n) is 5.10. The molecule has 1 aromatic heterocycles. The van der Waals surface area contributed by atoms with Crippen molar-refractivity contribution in [3.05, 3.63) is 16.6 Å². The highest BCUT2D eigenvalue weighted by Crippen LogP contribution is 2.16. The van der Waals surface area contributed by atoms with E-state index >= 15 is 0 Å². The van der Waals surface area contributed by atoms with Crippen LogP contribution in [0, 0.1) is 0 Å². The molecule has 1 N–H and O–H groups in total. The molecule has 3 nitrogen and oxygen atoms in total. The predicted molar refractivity (Wildman–Crippen MR) is 57.5 cm³/mol. The predicted octanol–water partition coefficient (Wildman–Crippen LogP) is 1.97. The summed E-state index contributed by atoms with van der Waals surface area (Å²) in [7, 11) is 0. The summed E-state index contributed by atoms with van der Waals surface area (Å²) in [6.07, 6.45) is 4.66. The molecule has 1 saturated heterocycles. The first-order chi connectivity index (χ1) is 6.86. The molecule has 0 saturated carbocycles. The summed E-state index contributed by atoms with van der Waals surface area (Å²) in [6.45, 7) is 4.02. The summed E-state index contributed by atoms with van der Waals surface area (Å²) in [5, 5.41) is 6.62. The topological polar surface area (TPSA) is 34.1 Å². The Morgan fingerprint density at radius 3 is 3.36 bits per heavy atom. The number of rotatable bonds is 4. The van der Waals surface area contributed by atoms with Crippen LogP contribution in [0.5, 0.6) is 0 Å². The second kappa shape index (κ2) is 4.87. The lowest BCUT2D eigenvalue weighted by Crippen LogP contribution is -2.28. The van der Waals surface area contributed by atoms with Crippen LogP contribution in [0.2, 0.25) is 0 Å². The van der Waals surface area contributed by atoms with Crippen molar-refractivity contribution in [3.8, 4) is 0 Å². The van der Waals surface area contributed by atoms with E-state index in [4.69, 9.17) is 4.74 Å². The van der Waals surface area contributed by atoms with Crippen LogP contribution in [-0.4, -0.2) is 24.2 Å². The van der Waals surface area contributed by atoms with Gasteiger partial charge in [-0.25, -0.2) is 4.98 Å². The SMILES string of the molecule is CC(NCC1CCCO1)c1nccs1. The molecule has 2 rings (SSSR count). The highest BCUT2D eigenvalue weighted by atomic mass is 32.1. The summed E-state index contributed by atoms with van der Waals surface area (Å²) >= 11 is 1.70. The molecule has 2 heterocycles. The standard InChI is InChI=1S/C10H16N2OS/c1-8(10-11-4-6-14-10)12-7-9-3-2-5-13-9/h4,6,8-9,12H,2-3,5,7H2,1H3. The van der Waals surface area contributed by atoms with Crippen molar-refractivity contribution in [2.24, 2.45) is 0 Å². The van der Waals surface area contributed by atoms with Crippen molar-refractivity contribution < 1.29 is 4.74 Å². The summed E-state index contributed by atoms with van der Waals surface area (Å²) in [4.78, 5) is 4.28. The molecule has 0 spiro atoms. The van der Waals surface area contributed by atoms with Crippen LogP contribution in [0.25, 0.3) is 0 Å². The number of nitrogens with zero attached hydrogens (tertiary/aromatic N) is 1. The van der Waals surface area contributed by atoms with Crippen LogP contribution in [0.1, 0.15) is 30.8 Å². The highest BCUT2D eigenvalue weighted by molar-refractivity contribution is 7.09. The Bertz CT molecular complexity index is 257. The van der Waals surface area contributed by atoms with Crippen molar-refractivity contribution in [2.45, 2.75) is 31.9 Å². The van der Waals surface area contributed by atoms with Crippen LogP contribution in [-0.2, 0) is 4.74 Å². The first kappa shape index (κ1) is 10.1. The molecule has 4 heteroatoms. The van der Waals surface area contributed by atoms with Crippen molar-refractivity contribution >= 4 is 11.3 Å². The Kier molecular flexibility index (Phi) is 3.50. The second-order valence-corrected chi connectivity index (χ2v) is 4.56. The molecule has 2 unspecified atom stereocenters. The van der Waals surface area contributed by atoms with Gasteiger partial charge in [0.15, 0.2) is 0 Å². The van der Waals surface area contributed by atoms with E-state index < -0.39 is 0 Å². The van der Waals surface area contributed by atoms with Gasteiger partial charge in [0.1, 0.15) is 5.01 Å². The minimum absolute atomic E-state index is 0.346. The van der Waals surface area contributed by atoms with Crippen LogP contribution in [0.15, 0.2) is 11.6 Å². The van der Waals surface area contributed by atoms with Crippen molar-refractivity contribution in [1.82, 2.24) is 10.3 Å². The van der Waals surface area contributed by atoms with E-state index in [0.29, 0.717) is 12.1 Å². The molecule has 2 atom stereocenters. The fourth-order valence-corrected chi connectivity index (χ4v) is 2.32. The maximum absolute atomic E-state index is 5.54. The number of hydrogen-bond acceptors (Lipinski definition) is 4. The van der Waals surface area contributed by atoms with Gasteiger partial charge in [0.2, 0.25) is 0 Å². The van der Waals surface area contributed by atoms with E-state index in [9.17, 15) is 0 Å². The van der Waals surface area contributed by atoms with Gasteiger partial charge in [-0.2, -0.15) is 0 Å². The zero-order valence-electron chi connectivity index (χ0n) is 8.40. The lowest BCUT2D eigenvalue weighted by atomic mass is 10.2. The summed E-state index contributed by atoms with van der Waals surface area (Å²) < 4.78 is 5.54. The number of ether oxygens (including phenoxy) is 1. The van der Waals surface area contributed by atoms with E-state index in [-0.39, 0.29) is 0 Å². The third-order valence-electron chi connectivity index (χ3n) is 2.50. The van der Waals surface area contributed by atoms with Gasteiger partial charge in [-0.1, -0.05) is 0 Å². The number of aromatic nitrogens is 1. The van der Waals surface area contributed by atoms with Crippen molar-refractivity contribution in [2.75, 3.05) is 13.2 Å². The molecule has 1 fully saturated rings. The fourth-order valence-electron chi connectivity index (χ4n) is 1.65. The van der Waals surface area contributed by atoms with E-state index in [0.717, 1.165) is 18.2 Å². The van der Waals surface area contributed by atoms with Gasteiger partial charge < -0.3 is 10.1 Å². The van der Waals surface area contributed by atoms with Gasteiger partial charge in [0.25, 0.3) is 0 Å². The Labute approximate surface area is 88.5 Å². The number of nitrogens with one attached hydrogen (secondary N) is 1. The van der Waals surface area contributed by atoms with Gasteiger partial charge in [0.05, 0.1) is 12.1 Å². The Morgan fingerprint density at radius 2 is 2.71 bits per heavy atom. The molecule has 14 heavy (non-hydrogen) atoms. The lowest BCUT2D eigenvalue weighted by molar-refractivity contribution is 0.108. The molecule has 1 aliphatic rings. The normalized spacial score (nSPS) is 23.9. The molecule has 1 aliphatic heterocycles. The van der Waals surface area contributed by atoms with E-state index in [1.807, 2.05) is 11.6 Å². The van der Waals surface area contributed by atoms with E-state index in [1.165, 1.54) is 12.8 Å². The Hall–Kier alpha value is -0.450. The van der Waals surface area contributed by atoms with Crippen molar-refractivity contribution in [1.29, 1.82) is 0 Å². The van der Waals surface area contributed by atoms with Gasteiger partial charge in [-0.05, 0) is 19.8 Å². The van der Waals surface area contributed by atoms with Crippen molar-refractivity contribution in [3.63, 3.8) is 0 Å². The van der Waals surface area contributed by atoms with E-state index in [1.54, 1.807) is 11.3 Å². The summed E-state index contributed by atoms with van der Waals surface area (Å²) in [5.74, 6) is 0. The fraction of sp³-hybridized carbons (Fsp3) is 0.700. The van der Waals surface area contributed by atoms with Crippen LogP contribution in [0.4, 0.5) is 0 Å². The average molecular weight is 212 g/mol. The maximum atomic E-state index is 5.54. The largest absolute Gasteiger partial charge is 0.377 e. The Balaban J connectivity index is 1.74. The molecule has 0 aliphatic carbocycles. The highest BCUT2D eigenvalue weighted by Gasteiger charge is 2.16. The second-order valence-electron chi connectivity index (χ2n) is 3.64. The molecule has 0 aromatic carbocycles. The van der Waals surface area contributed by atoms with Crippen LogP contribution >= 0.6 is 11.3 Å². The Morgan fingerprint density at radius 1 is 1.79 bits per heavy atom. The number of hydrogen-bond donors (Lipinski definition) is 1. The molecule has 78 valence electrons. The molecule has 0 radical (unpaired) electrons. The zero-order chi connectivity index (χ0) is 9.80.